The monoisotopic (exact) mass is 211 g/mol. The third kappa shape index (κ3) is 1.64. The second kappa shape index (κ2) is 3.73. The molecule has 3 aliphatic heterocycles. The molecule has 5 nitrogen and oxygen atoms in total. The van der Waals surface area contributed by atoms with Crippen molar-refractivity contribution >= 4 is 5.91 Å². The fourth-order valence-corrected chi connectivity index (χ4v) is 2.58. The van der Waals surface area contributed by atoms with Crippen LogP contribution in [0.15, 0.2) is 0 Å². The molecule has 1 atom stereocenters. The first-order valence-corrected chi connectivity index (χ1v) is 5.66. The van der Waals surface area contributed by atoms with E-state index in [9.17, 15) is 4.79 Å². The summed E-state index contributed by atoms with van der Waals surface area (Å²) in [5.41, 5.74) is 0. The Balaban J connectivity index is 1.64. The smallest absolute Gasteiger partial charge is 0.248 e. The van der Waals surface area contributed by atoms with Crippen molar-refractivity contribution in [1.29, 1.82) is 0 Å². The third-order valence-electron chi connectivity index (χ3n) is 3.65. The van der Waals surface area contributed by atoms with Gasteiger partial charge in [0.2, 0.25) is 5.91 Å². The Morgan fingerprint density at radius 1 is 1.27 bits per heavy atom. The molecule has 3 aliphatic rings. The van der Waals surface area contributed by atoms with Crippen molar-refractivity contribution in [1.82, 2.24) is 15.1 Å². The molecule has 0 radical (unpaired) electrons. The minimum atomic E-state index is 0.164. The predicted octanol–water partition coefficient (Wildman–Crippen LogP) is -1.50. The summed E-state index contributed by atoms with van der Waals surface area (Å²) >= 11 is 0. The lowest BCUT2D eigenvalue weighted by atomic mass is 10.1. The summed E-state index contributed by atoms with van der Waals surface area (Å²) < 4.78 is 5.30. The molecule has 3 saturated heterocycles. The van der Waals surface area contributed by atoms with Crippen LogP contribution in [0.4, 0.5) is 0 Å². The number of piperazine rings is 1. The Labute approximate surface area is 89.4 Å². The molecular formula is C10H17N3O2. The molecule has 0 bridgehead atoms. The Morgan fingerprint density at radius 2 is 2.13 bits per heavy atom. The zero-order chi connectivity index (χ0) is 10.3. The van der Waals surface area contributed by atoms with Gasteiger partial charge in [-0.05, 0) is 0 Å². The number of rotatable bonds is 1. The van der Waals surface area contributed by atoms with E-state index in [1.807, 2.05) is 4.90 Å². The molecule has 0 aromatic rings. The maximum absolute atomic E-state index is 11.6. The van der Waals surface area contributed by atoms with Gasteiger partial charge in [0.05, 0.1) is 12.6 Å². The van der Waals surface area contributed by atoms with Gasteiger partial charge >= 0.3 is 0 Å². The second-order valence-corrected chi connectivity index (χ2v) is 4.56. The van der Waals surface area contributed by atoms with E-state index in [2.05, 4.69) is 10.2 Å². The highest BCUT2D eigenvalue weighted by atomic mass is 16.5. The molecular weight excluding hydrogens is 194 g/mol. The normalized spacial score (nSPS) is 33.7. The van der Waals surface area contributed by atoms with Crippen LogP contribution in [0.25, 0.3) is 0 Å². The number of nitrogens with zero attached hydrogens (tertiary/aromatic N) is 2. The highest BCUT2D eigenvalue weighted by Gasteiger charge is 2.37. The minimum absolute atomic E-state index is 0.164. The summed E-state index contributed by atoms with van der Waals surface area (Å²) in [5.74, 6) is 0.164. The number of nitrogens with one attached hydrogen (secondary N) is 1. The van der Waals surface area contributed by atoms with E-state index in [-0.39, 0.29) is 12.5 Å². The molecule has 0 aromatic heterocycles. The quantitative estimate of drug-likeness (QED) is 0.573. The zero-order valence-electron chi connectivity index (χ0n) is 8.82. The SMILES string of the molecule is O=C1COC[C@H]2CN(C3CNC3)CCN12. The number of morpholine rings is 1. The van der Waals surface area contributed by atoms with E-state index in [0.717, 1.165) is 32.7 Å². The molecule has 1 N–H and O–H groups in total. The van der Waals surface area contributed by atoms with Gasteiger partial charge in [-0.15, -0.1) is 0 Å². The van der Waals surface area contributed by atoms with Crippen LogP contribution in [0.3, 0.4) is 0 Å². The van der Waals surface area contributed by atoms with Gasteiger partial charge in [0.1, 0.15) is 6.61 Å². The Hall–Kier alpha value is -0.650. The van der Waals surface area contributed by atoms with E-state index in [0.29, 0.717) is 18.7 Å². The van der Waals surface area contributed by atoms with Gasteiger partial charge in [-0.25, -0.2) is 0 Å². The first kappa shape index (κ1) is 9.57. The Kier molecular flexibility index (Phi) is 2.38. The molecule has 0 aromatic carbocycles. The summed E-state index contributed by atoms with van der Waals surface area (Å²) in [4.78, 5) is 16.0. The second-order valence-electron chi connectivity index (χ2n) is 4.56. The number of fused-ring (bicyclic) bond motifs is 1. The van der Waals surface area contributed by atoms with Crippen LogP contribution in [0, 0.1) is 0 Å². The molecule has 0 aliphatic carbocycles. The van der Waals surface area contributed by atoms with Gasteiger partial charge in [0, 0.05) is 38.8 Å². The average molecular weight is 211 g/mol. The van der Waals surface area contributed by atoms with E-state index in [1.54, 1.807) is 0 Å². The van der Waals surface area contributed by atoms with Crippen LogP contribution in [-0.2, 0) is 9.53 Å². The topological polar surface area (TPSA) is 44.8 Å². The summed E-state index contributed by atoms with van der Waals surface area (Å²) in [6.07, 6.45) is 0. The van der Waals surface area contributed by atoms with Gasteiger partial charge in [0.25, 0.3) is 0 Å². The lowest BCUT2D eigenvalue weighted by Crippen LogP contribution is -2.66. The molecule has 15 heavy (non-hydrogen) atoms. The van der Waals surface area contributed by atoms with Gasteiger partial charge < -0.3 is 15.0 Å². The van der Waals surface area contributed by atoms with Gasteiger partial charge in [-0.2, -0.15) is 0 Å². The van der Waals surface area contributed by atoms with Crippen LogP contribution in [-0.4, -0.2) is 73.7 Å². The molecule has 0 spiro atoms. The van der Waals surface area contributed by atoms with Gasteiger partial charge in [0.15, 0.2) is 0 Å². The number of carbonyl (C=O) groups excluding carboxylic acids is 1. The van der Waals surface area contributed by atoms with Gasteiger partial charge in [-0.1, -0.05) is 0 Å². The van der Waals surface area contributed by atoms with E-state index < -0.39 is 0 Å². The molecule has 3 fully saturated rings. The van der Waals surface area contributed by atoms with Crippen LogP contribution >= 0.6 is 0 Å². The average Bonchev–Trinajstić information content (AvgIpc) is 2.15. The lowest BCUT2D eigenvalue weighted by molar-refractivity contribution is -0.153. The van der Waals surface area contributed by atoms with Crippen molar-refractivity contribution in [2.75, 3.05) is 45.9 Å². The van der Waals surface area contributed by atoms with Crippen LogP contribution in [0.1, 0.15) is 0 Å². The Bertz CT molecular complexity index is 267. The molecule has 84 valence electrons. The zero-order valence-corrected chi connectivity index (χ0v) is 8.82. The van der Waals surface area contributed by atoms with E-state index in [1.165, 1.54) is 0 Å². The molecule has 3 rings (SSSR count). The minimum Gasteiger partial charge on any atom is -0.369 e. The van der Waals surface area contributed by atoms with Crippen molar-refractivity contribution in [3.05, 3.63) is 0 Å². The lowest BCUT2D eigenvalue weighted by Gasteiger charge is -2.48. The standard InChI is InChI=1S/C10H17N3O2/c14-10-7-15-6-9-5-12(1-2-13(9)10)8-3-11-4-8/h8-9,11H,1-7H2/t9-/m1/s1. The van der Waals surface area contributed by atoms with Crippen molar-refractivity contribution in [3.63, 3.8) is 0 Å². The number of amides is 1. The molecule has 1 amide bonds. The number of ether oxygens (including phenoxy) is 1. The summed E-state index contributed by atoms with van der Waals surface area (Å²) in [7, 11) is 0. The molecule has 0 saturated carbocycles. The molecule has 3 heterocycles. The summed E-state index contributed by atoms with van der Waals surface area (Å²) in [6.45, 7) is 6.07. The van der Waals surface area contributed by atoms with E-state index in [4.69, 9.17) is 4.74 Å². The largest absolute Gasteiger partial charge is 0.369 e. The van der Waals surface area contributed by atoms with Crippen LogP contribution in [0.2, 0.25) is 0 Å². The fourth-order valence-electron chi connectivity index (χ4n) is 2.58. The van der Waals surface area contributed by atoms with Crippen LogP contribution in [0.5, 0.6) is 0 Å². The summed E-state index contributed by atoms with van der Waals surface area (Å²) in [5, 5.41) is 3.29. The van der Waals surface area contributed by atoms with Crippen LogP contribution < -0.4 is 5.32 Å². The predicted molar refractivity (Wildman–Crippen MR) is 54.6 cm³/mol. The number of carbonyl (C=O) groups is 1. The van der Waals surface area contributed by atoms with Gasteiger partial charge in [-0.3, -0.25) is 9.69 Å². The van der Waals surface area contributed by atoms with E-state index >= 15 is 0 Å². The molecule has 5 heteroatoms. The first-order valence-electron chi connectivity index (χ1n) is 5.66. The number of hydrogen-bond acceptors (Lipinski definition) is 4. The van der Waals surface area contributed by atoms with Crippen molar-refractivity contribution in [3.8, 4) is 0 Å². The Morgan fingerprint density at radius 3 is 2.87 bits per heavy atom. The van der Waals surface area contributed by atoms with Crippen molar-refractivity contribution in [2.45, 2.75) is 12.1 Å². The highest BCUT2D eigenvalue weighted by Crippen LogP contribution is 2.17. The number of hydrogen-bond donors (Lipinski definition) is 1. The third-order valence-corrected chi connectivity index (χ3v) is 3.65. The fraction of sp³-hybridized carbons (Fsp3) is 0.900. The maximum atomic E-state index is 11.6. The highest BCUT2D eigenvalue weighted by molar-refractivity contribution is 5.78. The summed E-state index contributed by atoms with van der Waals surface area (Å²) in [6, 6.07) is 0.977. The maximum Gasteiger partial charge on any atom is 0.248 e. The van der Waals surface area contributed by atoms with Crippen molar-refractivity contribution in [2.24, 2.45) is 0 Å². The van der Waals surface area contributed by atoms with Crippen molar-refractivity contribution < 1.29 is 9.53 Å². The first-order chi connectivity index (χ1) is 7.34. The molecule has 0 unspecified atom stereocenters.